The van der Waals surface area contributed by atoms with Crippen LogP contribution in [0.15, 0.2) is 0 Å². The molecule has 0 atom stereocenters. The lowest BCUT2D eigenvalue weighted by molar-refractivity contribution is 0.130. The zero-order chi connectivity index (χ0) is 7.66. The number of nitrogens with zero attached hydrogens (tertiary/aromatic N) is 1. The van der Waals surface area contributed by atoms with Crippen LogP contribution in [0, 0.1) is 11.3 Å². The summed E-state index contributed by atoms with van der Waals surface area (Å²) in [6.07, 6.45) is 2.12. The summed E-state index contributed by atoms with van der Waals surface area (Å²) >= 11 is 0. The number of unbranched alkanes of at least 4 members (excludes halogenated alkanes) is 1. The van der Waals surface area contributed by atoms with Gasteiger partial charge in [0.25, 0.3) is 0 Å². The predicted molar refractivity (Wildman–Crippen MR) is 37.4 cm³/mol. The molecule has 0 aromatic carbocycles. The highest BCUT2D eigenvalue weighted by Gasteiger charge is 1.86. The molecule has 0 radical (unpaired) electrons. The highest BCUT2D eigenvalue weighted by atomic mass is 16.5. The lowest BCUT2D eigenvalue weighted by atomic mass is 10.3. The number of nitriles is 1. The van der Waals surface area contributed by atoms with Crippen LogP contribution in [0.25, 0.3) is 0 Å². The van der Waals surface area contributed by atoms with Crippen molar-refractivity contribution in [2.24, 2.45) is 0 Å². The van der Waals surface area contributed by atoms with E-state index < -0.39 is 0 Å². The third kappa shape index (κ3) is 7.41. The van der Waals surface area contributed by atoms with E-state index in [0.717, 1.165) is 12.8 Å². The molecule has 0 unspecified atom stereocenters. The van der Waals surface area contributed by atoms with Crippen molar-refractivity contribution in [2.75, 3.05) is 19.8 Å². The second-order valence-electron chi connectivity index (χ2n) is 1.95. The predicted octanol–water partition coefficient (Wildman–Crippen LogP) is 0.689. The number of rotatable bonds is 6. The standard InChI is InChI=1S/C7H13NO2/c8-4-3-7-10-6-2-1-5-9/h9H,1-3,5-7H2. The number of ether oxygens (including phenoxy) is 1. The van der Waals surface area contributed by atoms with Gasteiger partial charge in [-0.05, 0) is 12.8 Å². The molecule has 10 heavy (non-hydrogen) atoms. The monoisotopic (exact) mass is 143 g/mol. The molecule has 0 spiro atoms. The molecule has 1 N–H and O–H groups in total. The fraction of sp³-hybridized carbons (Fsp3) is 0.857. The summed E-state index contributed by atoms with van der Waals surface area (Å²) < 4.78 is 5.04. The van der Waals surface area contributed by atoms with E-state index in [2.05, 4.69) is 0 Å². The molecule has 0 saturated heterocycles. The maximum absolute atomic E-state index is 8.36. The lowest BCUT2D eigenvalue weighted by Gasteiger charge is -1.98. The molecular formula is C7H13NO2. The topological polar surface area (TPSA) is 53.2 Å². The van der Waals surface area contributed by atoms with Gasteiger partial charge in [-0.2, -0.15) is 5.26 Å². The highest BCUT2D eigenvalue weighted by Crippen LogP contribution is 1.88. The van der Waals surface area contributed by atoms with Crippen LogP contribution in [0.3, 0.4) is 0 Å². The van der Waals surface area contributed by atoms with Gasteiger partial charge in [-0.3, -0.25) is 0 Å². The first kappa shape index (κ1) is 9.41. The molecule has 0 aliphatic heterocycles. The van der Waals surface area contributed by atoms with E-state index in [-0.39, 0.29) is 6.61 Å². The Morgan fingerprint density at radius 1 is 1.30 bits per heavy atom. The lowest BCUT2D eigenvalue weighted by Crippen LogP contribution is -1.96. The summed E-state index contributed by atoms with van der Waals surface area (Å²) in [4.78, 5) is 0. The summed E-state index contributed by atoms with van der Waals surface area (Å²) in [5, 5.41) is 16.5. The molecular weight excluding hydrogens is 130 g/mol. The van der Waals surface area contributed by atoms with Gasteiger partial charge in [-0.1, -0.05) is 0 Å². The Morgan fingerprint density at radius 3 is 2.70 bits per heavy atom. The summed E-state index contributed by atoms with van der Waals surface area (Å²) in [7, 11) is 0. The van der Waals surface area contributed by atoms with Crippen LogP contribution in [0.2, 0.25) is 0 Å². The SMILES string of the molecule is N#CCCOCCCCO. The van der Waals surface area contributed by atoms with E-state index in [1.807, 2.05) is 6.07 Å². The van der Waals surface area contributed by atoms with Crippen LogP contribution in [0.5, 0.6) is 0 Å². The number of hydrogen-bond acceptors (Lipinski definition) is 3. The van der Waals surface area contributed by atoms with Crippen LogP contribution in [-0.2, 0) is 4.74 Å². The van der Waals surface area contributed by atoms with Gasteiger partial charge in [-0.25, -0.2) is 0 Å². The van der Waals surface area contributed by atoms with Gasteiger partial charge in [0.05, 0.1) is 19.1 Å². The van der Waals surface area contributed by atoms with E-state index >= 15 is 0 Å². The molecule has 0 aromatic heterocycles. The summed E-state index contributed by atoms with van der Waals surface area (Å²) in [6, 6.07) is 1.98. The second-order valence-corrected chi connectivity index (χ2v) is 1.95. The first-order valence-corrected chi connectivity index (χ1v) is 3.47. The Bertz CT molecular complexity index is 98.3. The summed E-state index contributed by atoms with van der Waals surface area (Å²) in [5.41, 5.74) is 0. The van der Waals surface area contributed by atoms with Crippen LogP contribution < -0.4 is 0 Å². The van der Waals surface area contributed by atoms with Gasteiger partial charge in [0.15, 0.2) is 0 Å². The molecule has 0 rings (SSSR count). The van der Waals surface area contributed by atoms with E-state index in [0.29, 0.717) is 19.6 Å². The van der Waals surface area contributed by atoms with Crippen molar-refractivity contribution >= 4 is 0 Å². The fourth-order valence-electron chi connectivity index (χ4n) is 0.536. The van der Waals surface area contributed by atoms with Crippen LogP contribution in [0.4, 0.5) is 0 Å². The number of hydrogen-bond donors (Lipinski definition) is 1. The molecule has 0 saturated carbocycles. The van der Waals surface area contributed by atoms with Gasteiger partial charge in [0.1, 0.15) is 0 Å². The van der Waals surface area contributed by atoms with E-state index in [1.54, 1.807) is 0 Å². The first-order valence-electron chi connectivity index (χ1n) is 3.47. The van der Waals surface area contributed by atoms with Crippen molar-refractivity contribution < 1.29 is 9.84 Å². The molecule has 0 fully saturated rings. The average Bonchev–Trinajstić information content (AvgIpc) is 1.97. The van der Waals surface area contributed by atoms with Gasteiger partial charge in [0.2, 0.25) is 0 Å². The molecule has 0 aliphatic carbocycles. The zero-order valence-corrected chi connectivity index (χ0v) is 6.05. The minimum atomic E-state index is 0.224. The third-order valence-electron chi connectivity index (χ3n) is 1.05. The van der Waals surface area contributed by atoms with Crippen LogP contribution in [-0.4, -0.2) is 24.9 Å². The minimum absolute atomic E-state index is 0.224. The fourth-order valence-corrected chi connectivity index (χ4v) is 0.536. The number of aliphatic hydroxyl groups is 1. The maximum atomic E-state index is 8.36. The molecule has 3 heteroatoms. The Morgan fingerprint density at radius 2 is 2.10 bits per heavy atom. The van der Waals surface area contributed by atoms with Crippen molar-refractivity contribution in [1.29, 1.82) is 5.26 Å². The smallest absolute Gasteiger partial charge is 0.0645 e. The van der Waals surface area contributed by atoms with E-state index in [1.165, 1.54) is 0 Å². The zero-order valence-electron chi connectivity index (χ0n) is 6.05. The molecule has 0 amide bonds. The van der Waals surface area contributed by atoms with Crippen molar-refractivity contribution in [3.63, 3.8) is 0 Å². The third-order valence-corrected chi connectivity index (χ3v) is 1.05. The van der Waals surface area contributed by atoms with E-state index in [9.17, 15) is 0 Å². The Kier molecular flexibility index (Phi) is 7.91. The molecule has 0 bridgehead atoms. The van der Waals surface area contributed by atoms with Gasteiger partial charge in [-0.15, -0.1) is 0 Å². The van der Waals surface area contributed by atoms with Crippen molar-refractivity contribution in [3.8, 4) is 6.07 Å². The van der Waals surface area contributed by atoms with Gasteiger partial charge < -0.3 is 9.84 Å². The first-order chi connectivity index (χ1) is 4.91. The van der Waals surface area contributed by atoms with E-state index in [4.69, 9.17) is 15.1 Å². The molecule has 3 nitrogen and oxygen atoms in total. The highest BCUT2D eigenvalue weighted by molar-refractivity contribution is 4.66. The van der Waals surface area contributed by atoms with Gasteiger partial charge >= 0.3 is 0 Å². The quantitative estimate of drug-likeness (QED) is 0.556. The Balaban J connectivity index is 2.72. The minimum Gasteiger partial charge on any atom is -0.396 e. The molecule has 58 valence electrons. The number of aliphatic hydroxyl groups excluding tert-OH is 1. The Hall–Kier alpha value is -0.590. The summed E-state index contributed by atoms with van der Waals surface area (Å²) in [6.45, 7) is 1.39. The van der Waals surface area contributed by atoms with Crippen molar-refractivity contribution in [1.82, 2.24) is 0 Å². The molecule has 0 heterocycles. The molecule has 0 aromatic rings. The summed E-state index contributed by atoms with van der Waals surface area (Å²) in [5.74, 6) is 0. The average molecular weight is 143 g/mol. The van der Waals surface area contributed by atoms with Gasteiger partial charge in [0, 0.05) is 13.2 Å². The van der Waals surface area contributed by atoms with Crippen molar-refractivity contribution in [2.45, 2.75) is 19.3 Å². The Labute approximate surface area is 61.2 Å². The van der Waals surface area contributed by atoms with Crippen LogP contribution in [0.1, 0.15) is 19.3 Å². The maximum Gasteiger partial charge on any atom is 0.0645 e. The second kappa shape index (κ2) is 8.41. The largest absolute Gasteiger partial charge is 0.396 e. The van der Waals surface area contributed by atoms with Crippen LogP contribution >= 0.6 is 0 Å². The normalized spacial score (nSPS) is 9.20. The molecule has 0 aliphatic rings. The van der Waals surface area contributed by atoms with Crippen molar-refractivity contribution in [3.05, 3.63) is 0 Å².